The lowest BCUT2D eigenvalue weighted by Gasteiger charge is -2.33. The van der Waals surface area contributed by atoms with Gasteiger partial charge in [-0.2, -0.15) is 0 Å². The van der Waals surface area contributed by atoms with Crippen LogP contribution in [0.15, 0.2) is 18.2 Å². The molecule has 0 spiro atoms. The lowest BCUT2D eigenvalue weighted by molar-refractivity contribution is 0.152. The Kier molecular flexibility index (Phi) is 3.49. The molecule has 1 saturated heterocycles. The average molecular weight is 218 g/mol. The number of hydrogen-bond acceptors (Lipinski definition) is 2. The second kappa shape index (κ2) is 4.88. The quantitative estimate of drug-likeness (QED) is 0.773. The van der Waals surface area contributed by atoms with E-state index in [-0.39, 0.29) is 0 Å². The molecule has 0 radical (unpaired) electrons. The van der Waals surface area contributed by atoms with E-state index in [1.165, 1.54) is 36.9 Å². The van der Waals surface area contributed by atoms with Crippen LogP contribution in [0.3, 0.4) is 0 Å². The predicted octanol–water partition coefficient (Wildman–Crippen LogP) is 2.95. The molecule has 2 rings (SSSR count). The number of hydrogen-bond donors (Lipinski definition) is 1. The maximum absolute atomic E-state index is 5.94. The van der Waals surface area contributed by atoms with Crippen molar-refractivity contribution >= 4 is 5.69 Å². The van der Waals surface area contributed by atoms with Crippen molar-refractivity contribution in [2.24, 2.45) is 0 Å². The summed E-state index contributed by atoms with van der Waals surface area (Å²) in [5.41, 5.74) is 9.49. The monoisotopic (exact) mass is 218 g/mol. The van der Waals surface area contributed by atoms with Gasteiger partial charge in [0.2, 0.25) is 0 Å². The van der Waals surface area contributed by atoms with Crippen molar-refractivity contribution in [3.63, 3.8) is 0 Å². The Morgan fingerprint density at radius 1 is 1.38 bits per heavy atom. The number of nitrogens with two attached hydrogens (primary N) is 1. The molecule has 1 aliphatic heterocycles. The van der Waals surface area contributed by atoms with E-state index in [1.807, 2.05) is 6.07 Å². The first-order valence-electron chi connectivity index (χ1n) is 6.26. The van der Waals surface area contributed by atoms with Crippen molar-refractivity contribution in [3.8, 4) is 0 Å². The van der Waals surface area contributed by atoms with Gasteiger partial charge < -0.3 is 5.73 Å². The Balaban J connectivity index is 2.10. The van der Waals surface area contributed by atoms with E-state index in [0.29, 0.717) is 0 Å². The Morgan fingerprint density at radius 2 is 2.19 bits per heavy atom. The molecule has 1 heterocycles. The molecule has 1 aromatic rings. The van der Waals surface area contributed by atoms with E-state index in [4.69, 9.17) is 5.73 Å². The highest BCUT2D eigenvalue weighted by molar-refractivity contribution is 5.49. The van der Waals surface area contributed by atoms with E-state index < -0.39 is 0 Å². The summed E-state index contributed by atoms with van der Waals surface area (Å²) >= 11 is 0. The zero-order valence-corrected chi connectivity index (χ0v) is 10.4. The fraction of sp³-hybridized carbons (Fsp3) is 0.571. The summed E-state index contributed by atoms with van der Waals surface area (Å²) in [6.45, 7) is 6.74. The molecule has 0 aromatic heterocycles. The number of nitrogens with zero attached hydrogens (tertiary/aromatic N) is 1. The van der Waals surface area contributed by atoms with E-state index in [1.54, 1.807) is 0 Å². The zero-order chi connectivity index (χ0) is 11.5. The number of nitrogen functional groups attached to an aromatic ring is 1. The van der Waals surface area contributed by atoms with Crippen LogP contribution in [-0.4, -0.2) is 17.5 Å². The third-order valence-electron chi connectivity index (χ3n) is 3.80. The first-order valence-corrected chi connectivity index (χ1v) is 6.26. The van der Waals surface area contributed by atoms with Gasteiger partial charge in [-0.3, -0.25) is 4.90 Å². The summed E-state index contributed by atoms with van der Waals surface area (Å²) in [6.07, 6.45) is 4.06. The molecule has 0 aliphatic carbocycles. The van der Waals surface area contributed by atoms with E-state index in [9.17, 15) is 0 Å². The third-order valence-corrected chi connectivity index (χ3v) is 3.80. The molecular formula is C14H22N2. The van der Waals surface area contributed by atoms with Crippen LogP contribution in [-0.2, 0) is 6.54 Å². The van der Waals surface area contributed by atoms with Crippen LogP contribution in [0.4, 0.5) is 5.69 Å². The molecule has 0 amide bonds. The molecule has 2 N–H and O–H groups in total. The summed E-state index contributed by atoms with van der Waals surface area (Å²) in [7, 11) is 0. The average Bonchev–Trinajstić information content (AvgIpc) is 2.28. The lowest BCUT2D eigenvalue weighted by Crippen LogP contribution is -2.36. The number of anilines is 1. The van der Waals surface area contributed by atoms with Gasteiger partial charge in [0.25, 0.3) is 0 Å². The smallest absolute Gasteiger partial charge is 0.0346 e. The van der Waals surface area contributed by atoms with Gasteiger partial charge in [-0.25, -0.2) is 0 Å². The molecule has 1 aromatic carbocycles. The Hall–Kier alpha value is -1.02. The maximum atomic E-state index is 5.94. The summed E-state index contributed by atoms with van der Waals surface area (Å²) in [4.78, 5) is 2.57. The summed E-state index contributed by atoms with van der Waals surface area (Å²) in [5.74, 6) is 0. The fourth-order valence-corrected chi connectivity index (χ4v) is 2.49. The van der Waals surface area contributed by atoms with E-state index in [0.717, 1.165) is 18.3 Å². The van der Waals surface area contributed by atoms with E-state index in [2.05, 4.69) is 30.9 Å². The van der Waals surface area contributed by atoms with Crippen LogP contribution in [0.25, 0.3) is 0 Å². The predicted molar refractivity (Wildman–Crippen MR) is 69.3 cm³/mol. The van der Waals surface area contributed by atoms with Crippen molar-refractivity contribution in [3.05, 3.63) is 29.3 Å². The molecule has 0 saturated carbocycles. The van der Waals surface area contributed by atoms with Crippen molar-refractivity contribution in [2.75, 3.05) is 12.3 Å². The molecule has 1 fully saturated rings. The molecule has 2 heteroatoms. The highest BCUT2D eigenvalue weighted by Gasteiger charge is 2.18. The Labute approximate surface area is 98.4 Å². The number of benzene rings is 1. The Morgan fingerprint density at radius 3 is 2.94 bits per heavy atom. The van der Waals surface area contributed by atoms with Gasteiger partial charge in [0.15, 0.2) is 0 Å². The standard InChI is InChI=1S/C14H22N2/c1-11-6-3-4-9-16(11)10-13-7-5-8-14(15)12(13)2/h5,7-8,11H,3-4,6,9-10,15H2,1-2H3. The second-order valence-electron chi connectivity index (χ2n) is 4.95. The van der Waals surface area contributed by atoms with Crippen LogP contribution < -0.4 is 5.73 Å². The van der Waals surface area contributed by atoms with Gasteiger partial charge >= 0.3 is 0 Å². The van der Waals surface area contributed by atoms with Crippen LogP contribution in [0, 0.1) is 6.92 Å². The summed E-state index contributed by atoms with van der Waals surface area (Å²) in [5, 5.41) is 0. The van der Waals surface area contributed by atoms with Crippen LogP contribution in [0.1, 0.15) is 37.3 Å². The van der Waals surface area contributed by atoms with Crippen LogP contribution in [0.2, 0.25) is 0 Å². The normalized spacial score (nSPS) is 22.2. The van der Waals surface area contributed by atoms with Crippen molar-refractivity contribution in [2.45, 2.75) is 45.7 Å². The minimum absolute atomic E-state index is 0.717. The van der Waals surface area contributed by atoms with Crippen LogP contribution in [0.5, 0.6) is 0 Å². The van der Waals surface area contributed by atoms with Gasteiger partial charge in [-0.1, -0.05) is 18.6 Å². The van der Waals surface area contributed by atoms with Crippen LogP contribution >= 0.6 is 0 Å². The highest BCUT2D eigenvalue weighted by atomic mass is 15.2. The van der Waals surface area contributed by atoms with Gasteiger partial charge in [0, 0.05) is 18.3 Å². The summed E-state index contributed by atoms with van der Waals surface area (Å²) in [6, 6.07) is 6.96. The highest BCUT2D eigenvalue weighted by Crippen LogP contribution is 2.22. The number of likely N-dealkylation sites (tertiary alicyclic amines) is 1. The number of rotatable bonds is 2. The molecule has 88 valence electrons. The minimum Gasteiger partial charge on any atom is -0.399 e. The minimum atomic E-state index is 0.717. The first-order chi connectivity index (χ1) is 7.68. The van der Waals surface area contributed by atoms with Crippen molar-refractivity contribution in [1.82, 2.24) is 4.90 Å². The lowest BCUT2D eigenvalue weighted by atomic mass is 10.0. The second-order valence-corrected chi connectivity index (χ2v) is 4.95. The first kappa shape index (κ1) is 11.5. The van der Waals surface area contributed by atoms with Crippen molar-refractivity contribution < 1.29 is 0 Å². The zero-order valence-electron chi connectivity index (χ0n) is 10.4. The molecule has 0 bridgehead atoms. The Bertz CT molecular complexity index is 360. The molecule has 1 aliphatic rings. The largest absolute Gasteiger partial charge is 0.399 e. The van der Waals surface area contributed by atoms with Gasteiger partial charge in [-0.15, -0.1) is 0 Å². The fourth-order valence-electron chi connectivity index (χ4n) is 2.49. The molecule has 2 nitrogen and oxygen atoms in total. The van der Waals surface area contributed by atoms with E-state index >= 15 is 0 Å². The molecular weight excluding hydrogens is 196 g/mol. The molecule has 16 heavy (non-hydrogen) atoms. The van der Waals surface area contributed by atoms with Gasteiger partial charge in [0.05, 0.1) is 0 Å². The third kappa shape index (κ3) is 2.38. The number of piperidine rings is 1. The topological polar surface area (TPSA) is 29.3 Å². The van der Waals surface area contributed by atoms with Crippen molar-refractivity contribution in [1.29, 1.82) is 0 Å². The summed E-state index contributed by atoms with van der Waals surface area (Å²) < 4.78 is 0. The molecule has 1 atom stereocenters. The van der Waals surface area contributed by atoms with Gasteiger partial charge in [-0.05, 0) is 50.4 Å². The van der Waals surface area contributed by atoms with Gasteiger partial charge in [0.1, 0.15) is 0 Å². The molecule has 1 unspecified atom stereocenters. The maximum Gasteiger partial charge on any atom is 0.0346 e. The SMILES string of the molecule is Cc1c(N)cccc1CN1CCCCC1C.